The van der Waals surface area contributed by atoms with Gasteiger partial charge in [0.15, 0.2) is 0 Å². The lowest BCUT2D eigenvalue weighted by molar-refractivity contribution is 0.692. The molecule has 0 aliphatic carbocycles. The van der Waals surface area contributed by atoms with Crippen molar-refractivity contribution in [1.29, 1.82) is 0 Å². The summed E-state index contributed by atoms with van der Waals surface area (Å²) in [5.41, 5.74) is 3.32. The Labute approximate surface area is 107 Å². The maximum absolute atomic E-state index is 11.4. The predicted molar refractivity (Wildman–Crippen MR) is 71.8 cm³/mol. The van der Waals surface area contributed by atoms with Gasteiger partial charge in [0, 0.05) is 36.6 Å². The molecule has 2 heterocycles. The molecule has 0 fully saturated rings. The first-order chi connectivity index (χ1) is 8.60. The van der Waals surface area contributed by atoms with Gasteiger partial charge in [0.2, 0.25) is 0 Å². The van der Waals surface area contributed by atoms with E-state index in [2.05, 4.69) is 40.6 Å². The van der Waals surface area contributed by atoms with Crippen molar-refractivity contribution in [2.75, 3.05) is 0 Å². The second kappa shape index (κ2) is 5.21. The van der Waals surface area contributed by atoms with E-state index in [1.54, 1.807) is 0 Å². The summed E-state index contributed by atoms with van der Waals surface area (Å²) in [5, 5.41) is 0. The van der Waals surface area contributed by atoms with Gasteiger partial charge >= 0.3 is 0 Å². The number of nitrogens with one attached hydrogen (secondary N) is 1. The maximum Gasteiger partial charge on any atom is 0.251 e. The Balaban J connectivity index is 2.16. The summed E-state index contributed by atoms with van der Waals surface area (Å²) in [6.07, 6.45) is 3.78. The third-order valence-electron chi connectivity index (χ3n) is 3.16. The van der Waals surface area contributed by atoms with E-state index in [-0.39, 0.29) is 5.56 Å². The van der Waals surface area contributed by atoms with Crippen LogP contribution in [0.4, 0.5) is 0 Å². The molecule has 0 atom stereocenters. The Morgan fingerprint density at radius 1 is 1.33 bits per heavy atom. The Morgan fingerprint density at radius 2 is 2.11 bits per heavy atom. The minimum atomic E-state index is -0.0694. The van der Waals surface area contributed by atoms with Gasteiger partial charge in [0.1, 0.15) is 5.82 Å². The first-order valence-corrected chi connectivity index (χ1v) is 6.31. The van der Waals surface area contributed by atoms with Gasteiger partial charge in [0.05, 0.1) is 0 Å². The Morgan fingerprint density at radius 3 is 2.78 bits per heavy atom. The number of hydrogen-bond donors (Lipinski definition) is 1. The van der Waals surface area contributed by atoms with E-state index in [1.807, 2.05) is 6.92 Å². The highest BCUT2D eigenvalue weighted by Crippen LogP contribution is 2.12. The molecule has 0 spiro atoms. The molecule has 2 rings (SSSR count). The molecule has 4 nitrogen and oxygen atoms in total. The average Bonchev–Trinajstić information content (AvgIpc) is 2.66. The van der Waals surface area contributed by atoms with Crippen LogP contribution in [0, 0.1) is 13.8 Å². The van der Waals surface area contributed by atoms with Gasteiger partial charge in [-0.1, -0.05) is 0 Å². The van der Waals surface area contributed by atoms with Crippen molar-refractivity contribution in [2.45, 2.75) is 40.2 Å². The fourth-order valence-corrected chi connectivity index (χ4v) is 2.25. The van der Waals surface area contributed by atoms with E-state index in [9.17, 15) is 4.79 Å². The predicted octanol–water partition coefficient (Wildman–Crippen LogP) is 1.99. The number of aromatic nitrogens is 3. The quantitative estimate of drug-likeness (QED) is 0.895. The normalized spacial score (nSPS) is 10.8. The van der Waals surface area contributed by atoms with Crippen molar-refractivity contribution in [3.05, 3.63) is 51.5 Å². The summed E-state index contributed by atoms with van der Waals surface area (Å²) in [4.78, 5) is 18.5. The minimum absolute atomic E-state index is 0.0694. The molecule has 0 radical (unpaired) electrons. The number of rotatable bonds is 4. The van der Waals surface area contributed by atoms with E-state index in [4.69, 9.17) is 0 Å². The molecule has 0 saturated carbocycles. The Bertz CT molecular complexity index is 595. The van der Waals surface area contributed by atoms with Crippen LogP contribution in [0.1, 0.15) is 29.7 Å². The van der Waals surface area contributed by atoms with E-state index < -0.39 is 0 Å². The van der Waals surface area contributed by atoms with Crippen LogP contribution in [-0.4, -0.2) is 14.5 Å². The highest BCUT2D eigenvalue weighted by Gasteiger charge is 2.06. The zero-order valence-corrected chi connectivity index (χ0v) is 11.2. The molecule has 96 valence electrons. The lowest BCUT2D eigenvalue weighted by Crippen LogP contribution is -2.13. The van der Waals surface area contributed by atoms with Crippen molar-refractivity contribution in [2.24, 2.45) is 0 Å². The molecule has 18 heavy (non-hydrogen) atoms. The third-order valence-corrected chi connectivity index (χ3v) is 3.16. The number of aryl methyl sites for hydroxylation is 4. The molecule has 0 amide bonds. The van der Waals surface area contributed by atoms with Gasteiger partial charge in [-0.15, -0.1) is 0 Å². The van der Waals surface area contributed by atoms with Crippen LogP contribution in [0.2, 0.25) is 0 Å². The van der Waals surface area contributed by atoms with E-state index >= 15 is 0 Å². The SMILES string of the molecule is CCn1ccc(C)c1CCc1nc(C)cc(=O)[nH]1. The van der Waals surface area contributed by atoms with Gasteiger partial charge in [-0.2, -0.15) is 0 Å². The lowest BCUT2D eigenvalue weighted by atomic mass is 10.1. The molecule has 0 aromatic carbocycles. The lowest BCUT2D eigenvalue weighted by Gasteiger charge is -2.08. The largest absolute Gasteiger partial charge is 0.351 e. The summed E-state index contributed by atoms with van der Waals surface area (Å²) >= 11 is 0. The van der Waals surface area contributed by atoms with Gasteiger partial charge < -0.3 is 9.55 Å². The Hall–Kier alpha value is -1.84. The van der Waals surface area contributed by atoms with Crippen LogP contribution in [0.25, 0.3) is 0 Å². The standard InChI is InChI=1S/C14H19N3O/c1-4-17-8-7-10(2)12(17)5-6-13-15-11(3)9-14(18)16-13/h7-9H,4-6H2,1-3H3,(H,15,16,18). The molecule has 0 saturated heterocycles. The average molecular weight is 245 g/mol. The number of H-pyrrole nitrogens is 1. The van der Waals surface area contributed by atoms with Crippen LogP contribution in [-0.2, 0) is 19.4 Å². The van der Waals surface area contributed by atoms with E-state index in [1.165, 1.54) is 17.3 Å². The molecule has 4 heteroatoms. The summed E-state index contributed by atoms with van der Waals surface area (Å²) in [7, 11) is 0. The van der Waals surface area contributed by atoms with E-state index in [0.717, 1.165) is 30.9 Å². The monoisotopic (exact) mass is 245 g/mol. The van der Waals surface area contributed by atoms with Crippen molar-refractivity contribution in [3.63, 3.8) is 0 Å². The minimum Gasteiger partial charge on any atom is -0.351 e. The smallest absolute Gasteiger partial charge is 0.251 e. The zero-order valence-electron chi connectivity index (χ0n) is 11.2. The molecule has 2 aromatic rings. The number of hydrogen-bond acceptors (Lipinski definition) is 2. The van der Waals surface area contributed by atoms with Crippen molar-refractivity contribution in [3.8, 4) is 0 Å². The van der Waals surface area contributed by atoms with Gasteiger partial charge in [-0.05, 0) is 38.8 Å². The van der Waals surface area contributed by atoms with Crippen LogP contribution in [0.15, 0.2) is 23.1 Å². The fourth-order valence-electron chi connectivity index (χ4n) is 2.25. The van der Waals surface area contributed by atoms with Crippen molar-refractivity contribution < 1.29 is 0 Å². The van der Waals surface area contributed by atoms with Crippen LogP contribution < -0.4 is 5.56 Å². The molecule has 1 N–H and O–H groups in total. The summed E-state index contributed by atoms with van der Waals surface area (Å²) < 4.78 is 2.24. The second-order valence-electron chi connectivity index (χ2n) is 4.56. The van der Waals surface area contributed by atoms with Gasteiger partial charge in [-0.25, -0.2) is 4.98 Å². The second-order valence-corrected chi connectivity index (χ2v) is 4.56. The first-order valence-electron chi connectivity index (χ1n) is 6.31. The number of nitrogens with zero attached hydrogens (tertiary/aromatic N) is 2. The zero-order chi connectivity index (χ0) is 13.1. The van der Waals surface area contributed by atoms with Crippen LogP contribution in [0.5, 0.6) is 0 Å². The topological polar surface area (TPSA) is 50.7 Å². The van der Waals surface area contributed by atoms with Crippen LogP contribution in [0.3, 0.4) is 0 Å². The highest BCUT2D eigenvalue weighted by atomic mass is 16.1. The van der Waals surface area contributed by atoms with Crippen molar-refractivity contribution >= 4 is 0 Å². The maximum atomic E-state index is 11.4. The van der Waals surface area contributed by atoms with E-state index in [0.29, 0.717) is 0 Å². The first kappa shape index (κ1) is 12.6. The molecular weight excluding hydrogens is 226 g/mol. The molecular formula is C14H19N3O. The van der Waals surface area contributed by atoms with Gasteiger partial charge in [-0.3, -0.25) is 4.79 Å². The molecule has 0 unspecified atom stereocenters. The molecule has 2 aromatic heterocycles. The fraction of sp³-hybridized carbons (Fsp3) is 0.429. The van der Waals surface area contributed by atoms with Crippen LogP contribution >= 0.6 is 0 Å². The number of aromatic amines is 1. The molecule has 0 bridgehead atoms. The summed E-state index contributed by atoms with van der Waals surface area (Å²) in [6, 6.07) is 3.65. The Kier molecular flexibility index (Phi) is 3.65. The van der Waals surface area contributed by atoms with Crippen molar-refractivity contribution in [1.82, 2.24) is 14.5 Å². The molecule has 0 aliphatic heterocycles. The summed E-state index contributed by atoms with van der Waals surface area (Å²) in [5.74, 6) is 0.767. The van der Waals surface area contributed by atoms with Gasteiger partial charge in [0.25, 0.3) is 5.56 Å². The highest BCUT2D eigenvalue weighted by molar-refractivity contribution is 5.21. The molecule has 0 aliphatic rings. The summed E-state index contributed by atoms with van der Waals surface area (Å²) in [6.45, 7) is 7.07. The third kappa shape index (κ3) is 2.70.